The van der Waals surface area contributed by atoms with Crippen LogP contribution in [0.5, 0.6) is 11.8 Å². The van der Waals surface area contributed by atoms with E-state index in [0.29, 0.717) is 59.2 Å². The third kappa shape index (κ3) is 4.35. The number of piperazine rings is 1. The zero-order chi connectivity index (χ0) is 30.2. The van der Waals surface area contributed by atoms with Crippen LogP contribution < -0.4 is 15.0 Å². The summed E-state index contributed by atoms with van der Waals surface area (Å²) in [5.41, 5.74) is 0.00174. The first-order chi connectivity index (χ1) is 21.2. The van der Waals surface area contributed by atoms with Crippen molar-refractivity contribution in [3.63, 3.8) is 0 Å². The fraction of sp³-hybridized carbons (Fsp3) is 0.364. The molecule has 0 radical (unpaired) electrons. The van der Waals surface area contributed by atoms with Crippen molar-refractivity contribution in [1.82, 2.24) is 25.2 Å². The lowest BCUT2D eigenvalue weighted by Gasteiger charge is -2.34. The van der Waals surface area contributed by atoms with Gasteiger partial charge in [-0.15, -0.1) is 6.42 Å². The highest BCUT2D eigenvalue weighted by atomic mass is 19.3. The topological polar surface area (TPSA) is 86.6 Å². The van der Waals surface area contributed by atoms with Gasteiger partial charge in [0.1, 0.15) is 29.4 Å². The molecule has 0 aliphatic carbocycles. The number of anilines is 1. The predicted octanol–water partition coefficient (Wildman–Crippen LogP) is 4.64. The molecule has 2 aromatic carbocycles. The summed E-state index contributed by atoms with van der Waals surface area (Å²) in [6.07, 6.45) is 12.6. The summed E-state index contributed by atoms with van der Waals surface area (Å²) < 4.78 is 51.7. The maximum Gasteiger partial charge on any atom is 0.319 e. The maximum absolute atomic E-state index is 16.7. The number of terminal acetylenes is 1. The maximum atomic E-state index is 16.7. The van der Waals surface area contributed by atoms with E-state index in [1.807, 2.05) is 4.90 Å². The van der Waals surface area contributed by atoms with Gasteiger partial charge < -0.3 is 20.1 Å². The van der Waals surface area contributed by atoms with Gasteiger partial charge >= 0.3 is 6.01 Å². The van der Waals surface area contributed by atoms with Crippen LogP contribution in [0.15, 0.2) is 48.7 Å². The summed E-state index contributed by atoms with van der Waals surface area (Å²) in [6, 6.07) is 8.44. The molecule has 224 valence electrons. The third-order valence-corrected chi connectivity index (χ3v) is 9.37. The Morgan fingerprint density at radius 2 is 1.98 bits per heavy atom. The number of pyridine rings is 1. The molecule has 8 rings (SSSR count). The second kappa shape index (κ2) is 9.81. The molecule has 4 aliphatic heterocycles. The number of phenols is 1. The van der Waals surface area contributed by atoms with Gasteiger partial charge in [0.15, 0.2) is 5.82 Å². The lowest BCUT2D eigenvalue weighted by atomic mass is 9.94. The van der Waals surface area contributed by atoms with E-state index >= 15 is 4.39 Å². The van der Waals surface area contributed by atoms with Crippen molar-refractivity contribution >= 4 is 27.5 Å². The van der Waals surface area contributed by atoms with E-state index in [9.17, 15) is 13.9 Å². The molecule has 2 N–H and O–H groups in total. The molecule has 44 heavy (non-hydrogen) atoms. The minimum absolute atomic E-state index is 0.0129. The predicted molar refractivity (Wildman–Crippen MR) is 160 cm³/mol. The Kier molecular flexibility index (Phi) is 6.06. The van der Waals surface area contributed by atoms with Crippen molar-refractivity contribution in [3.05, 3.63) is 60.1 Å². The van der Waals surface area contributed by atoms with Crippen molar-refractivity contribution < 1.29 is 23.0 Å². The summed E-state index contributed by atoms with van der Waals surface area (Å²) in [6.45, 7) is 1.45. The van der Waals surface area contributed by atoms with E-state index < -0.39 is 17.3 Å². The van der Waals surface area contributed by atoms with Gasteiger partial charge in [0.25, 0.3) is 5.92 Å². The van der Waals surface area contributed by atoms with Crippen molar-refractivity contribution in [2.24, 2.45) is 0 Å². The van der Waals surface area contributed by atoms with Crippen molar-refractivity contribution in [2.75, 3.05) is 37.7 Å². The molecular weight excluding hydrogens is 569 g/mol. The average Bonchev–Trinajstić information content (AvgIpc) is 3.62. The molecule has 11 heteroatoms. The Hall–Kier alpha value is -4.40. The van der Waals surface area contributed by atoms with Gasteiger partial charge in [-0.05, 0) is 43.0 Å². The van der Waals surface area contributed by atoms with E-state index in [0.717, 1.165) is 6.42 Å². The second-order valence-electron chi connectivity index (χ2n) is 12.3. The van der Waals surface area contributed by atoms with Crippen molar-refractivity contribution in [2.45, 2.75) is 42.8 Å². The minimum Gasteiger partial charge on any atom is -0.508 e. The number of aromatic hydroxyl groups is 1. The first kappa shape index (κ1) is 27.2. The molecule has 6 heterocycles. The summed E-state index contributed by atoms with van der Waals surface area (Å²) >= 11 is 0. The molecule has 4 aliphatic rings. The number of ether oxygens (including phenoxy) is 1. The summed E-state index contributed by atoms with van der Waals surface area (Å²) in [7, 11) is 0. The Balaban J connectivity index is 1.26. The number of alkyl halides is 2. The Morgan fingerprint density at radius 3 is 2.77 bits per heavy atom. The van der Waals surface area contributed by atoms with E-state index in [1.54, 1.807) is 29.2 Å². The first-order valence-electron chi connectivity index (χ1n) is 14.8. The standard InChI is InChI=1S/C33H29F3N6O2/c1-2-19-5-3-6-20-11-23(43)12-24(26(19)20)28-27(34)29-25(13-37-28)30(41-14-21-7-8-22(15-41)38-21)40-31(39-29)44-18-32-9-4-10-42(32)17-33(35,36)16-32/h1,3,5-8,11-13,21-22,38,43H,4,9-10,14-18H2/t21-,22+,32?. The Bertz CT molecular complexity index is 1890. The third-order valence-electron chi connectivity index (χ3n) is 9.37. The van der Waals surface area contributed by atoms with Crippen LogP contribution in [-0.2, 0) is 0 Å². The Morgan fingerprint density at radius 1 is 1.16 bits per heavy atom. The van der Waals surface area contributed by atoms with E-state index in [2.05, 4.69) is 33.4 Å². The summed E-state index contributed by atoms with van der Waals surface area (Å²) in [4.78, 5) is 17.6. The van der Waals surface area contributed by atoms with Gasteiger partial charge in [-0.25, -0.2) is 13.2 Å². The molecule has 3 fully saturated rings. The zero-order valence-corrected chi connectivity index (χ0v) is 23.7. The van der Waals surface area contributed by atoms with Gasteiger partial charge in [-0.2, -0.15) is 9.97 Å². The monoisotopic (exact) mass is 598 g/mol. The highest BCUT2D eigenvalue weighted by Gasteiger charge is 2.57. The van der Waals surface area contributed by atoms with E-state index in [-0.39, 0.29) is 54.6 Å². The lowest BCUT2D eigenvalue weighted by Crippen LogP contribution is -2.52. The van der Waals surface area contributed by atoms with Gasteiger partial charge in [0.2, 0.25) is 0 Å². The number of nitrogens with one attached hydrogen (secondary N) is 1. The van der Waals surface area contributed by atoms with Crippen LogP contribution in [0.2, 0.25) is 0 Å². The van der Waals surface area contributed by atoms with Crippen molar-refractivity contribution in [1.29, 1.82) is 0 Å². The van der Waals surface area contributed by atoms with Crippen LogP contribution in [0.3, 0.4) is 0 Å². The normalized spacial score (nSPS) is 25.5. The average molecular weight is 599 g/mol. The molecule has 0 spiro atoms. The first-order valence-corrected chi connectivity index (χ1v) is 14.8. The number of aromatic nitrogens is 3. The molecular formula is C33H29F3N6O2. The van der Waals surface area contributed by atoms with Gasteiger partial charge in [-0.3, -0.25) is 9.88 Å². The molecule has 4 aromatic rings. The lowest BCUT2D eigenvalue weighted by molar-refractivity contribution is 0.00803. The number of benzene rings is 2. The summed E-state index contributed by atoms with van der Waals surface area (Å²) in [5, 5.41) is 15.6. The van der Waals surface area contributed by atoms with Gasteiger partial charge in [0.05, 0.1) is 17.5 Å². The molecule has 2 aromatic heterocycles. The van der Waals surface area contributed by atoms with Gasteiger partial charge in [-0.1, -0.05) is 30.2 Å². The second-order valence-corrected chi connectivity index (χ2v) is 12.3. The molecule has 0 amide bonds. The fourth-order valence-electron chi connectivity index (χ4n) is 7.51. The quantitative estimate of drug-likeness (QED) is 0.254. The fourth-order valence-corrected chi connectivity index (χ4v) is 7.51. The van der Waals surface area contributed by atoms with Crippen molar-refractivity contribution in [3.8, 4) is 35.4 Å². The van der Waals surface area contributed by atoms with Crippen LogP contribution in [-0.4, -0.2) is 81.3 Å². The molecule has 0 saturated carbocycles. The van der Waals surface area contributed by atoms with Crippen LogP contribution in [0, 0.1) is 18.2 Å². The smallest absolute Gasteiger partial charge is 0.319 e. The molecule has 1 unspecified atom stereocenters. The number of hydrogen-bond acceptors (Lipinski definition) is 8. The van der Waals surface area contributed by atoms with Gasteiger partial charge in [0, 0.05) is 54.3 Å². The highest BCUT2D eigenvalue weighted by molar-refractivity contribution is 6.02. The Labute approximate surface area is 251 Å². The number of phenolic OH excluding ortho intramolecular Hbond substituents is 1. The minimum atomic E-state index is -2.79. The zero-order valence-electron chi connectivity index (χ0n) is 23.7. The largest absolute Gasteiger partial charge is 0.508 e. The number of nitrogens with zero attached hydrogens (tertiary/aromatic N) is 5. The molecule has 3 atom stereocenters. The SMILES string of the molecule is C#Cc1cccc2cc(O)cc(-c3ncc4c(N5C[C@H]6C=C[C@@H](C5)N6)nc(OCC56CCCN5CC(F)(F)C6)nc4c3F)c12. The summed E-state index contributed by atoms with van der Waals surface area (Å²) in [5.74, 6) is -0.468. The molecule has 3 saturated heterocycles. The number of fused-ring (bicyclic) bond motifs is 5. The van der Waals surface area contributed by atoms with Crippen LogP contribution in [0.25, 0.3) is 32.9 Å². The van der Waals surface area contributed by atoms with E-state index in [4.69, 9.17) is 16.1 Å². The highest BCUT2D eigenvalue weighted by Crippen LogP contribution is 2.46. The van der Waals surface area contributed by atoms with Crippen LogP contribution in [0.4, 0.5) is 19.0 Å². The molecule has 8 nitrogen and oxygen atoms in total. The van der Waals surface area contributed by atoms with E-state index in [1.165, 1.54) is 12.3 Å². The number of hydrogen-bond donors (Lipinski definition) is 2. The number of halogens is 3. The van der Waals surface area contributed by atoms with Crippen LogP contribution in [0.1, 0.15) is 24.8 Å². The number of rotatable bonds is 5. The van der Waals surface area contributed by atoms with Crippen LogP contribution >= 0.6 is 0 Å². The molecule has 2 bridgehead atoms.